The molecule has 0 radical (unpaired) electrons. The highest BCUT2D eigenvalue weighted by molar-refractivity contribution is 7.99. The number of nitrogens with one attached hydrogen (secondary N) is 1. The van der Waals surface area contributed by atoms with E-state index in [1.165, 1.54) is 18.6 Å². The molecule has 0 unspecified atom stereocenters. The van der Waals surface area contributed by atoms with Crippen LogP contribution in [0.5, 0.6) is 0 Å². The van der Waals surface area contributed by atoms with Crippen LogP contribution in [-0.2, 0) is 4.79 Å². The van der Waals surface area contributed by atoms with Crippen LogP contribution in [0.2, 0.25) is 0 Å². The molecule has 0 aromatic heterocycles. The lowest BCUT2D eigenvalue weighted by molar-refractivity contribution is -0.116. The number of nitrogens with two attached hydrogens (primary N) is 1. The van der Waals surface area contributed by atoms with Gasteiger partial charge in [-0.25, -0.2) is 0 Å². The lowest BCUT2D eigenvalue weighted by atomic mass is 10.2. The summed E-state index contributed by atoms with van der Waals surface area (Å²) in [6, 6.07) is 7.27. The van der Waals surface area contributed by atoms with Crippen LogP contribution < -0.4 is 11.1 Å². The van der Waals surface area contributed by atoms with E-state index in [2.05, 4.69) is 12.2 Å². The molecule has 0 spiro atoms. The molecular formula is C14H22N2OS. The Morgan fingerprint density at radius 2 is 2.11 bits per heavy atom. The fraction of sp³-hybridized carbons (Fsp3) is 0.500. The van der Waals surface area contributed by atoms with Crippen LogP contribution in [0, 0.1) is 0 Å². The summed E-state index contributed by atoms with van der Waals surface area (Å²) in [7, 11) is 0. The molecule has 3 N–H and O–H groups in total. The molecule has 0 aliphatic carbocycles. The van der Waals surface area contributed by atoms with Gasteiger partial charge in [0.25, 0.3) is 0 Å². The molecule has 0 saturated heterocycles. The molecule has 1 amide bonds. The summed E-state index contributed by atoms with van der Waals surface area (Å²) < 4.78 is 0. The molecule has 0 saturated carbocycles. The van der Waals surface area contributed by atoms with Gasteiger partial charge < -0.3 is 11.1 Å². The molecule has 4 heteroatoms. The molecule has 1 aromatic carbocycles. The maximum Gasteiger partial charge on any atom is 0.224 e. The molecule has 3 nitrogen and oxygen atoms in total. The van der Waals surface area contributed by atoms with E-state index < -0.39 is 0 Å². The van der Waals surface area contributed by atoms with Crippen LogP contribution in [0.1, 0.15) is 32.6 Å². The van der Waals surface area contributed by atoms with Crippen molar-refractivity contribution in [1.29, 1.82) is 0 Å². The minimum Gasteiger partial charge on any atom is -0.399 e. The van der Waals surface area contributed by atoms with E-state index in [9.17, 15) is 4.79 Å². The van der Waals surface area contributed by atoms with Crippen molar-refractivity contribution >= 4 is 29.0 Å². The second-order valence-corrected chi connectivity index (χ2v) is 5.47. The van der Waals surface area contributed by atoms with Crippen LogP contribution >= 0.6 is 11.8 Å². The van der Waals surface area contributed by atoms with Gasteiger partial charge in [0.15, 0.2) is 0 Å². The van der Waals surface area contributed by atoms with Crippen molar-refractivity contribution in [2.24, 2.45) is 0 Å². The number of benzene rings is 1. The first-order valence-electron chi connectivity index (χ1n) is 6.45. The van der Waals surface area contributed by atoms with Gasteiger partial charge in [0.05, 0.1) is 0 Å². The summed E-state index contributed by atoms with van der Waals surface area (Å²) in [5.41, 5.74) is 7.09. The zero-order chi connectivity index (χ0) is 13.2. The molecule has 1 rings (SSSR count). The molecule has 0 heterocycles. The van der Waals surface area contributed by atoms with Crippen molar-refractivity contribution in [2.45, 2.75) is 32.6 Å². The molecule has 1 aromatic rings. The van der Waals surface area contributed by atoms with Gasteiger partial charge in [-0.1, -0.05) is 19.4 Å². The number of carbonyl (C=O) groups is 1. The van der Waals surface area contributed by atoms with Gasteiger partial charge in [-0.3, -0.25) is 4.79 Å². The minimum atomic E-state index is 0.0664. The number of thioether (sulfide) groups is 1. The highest BCUT2D eigenvalue weighted by Gasteiger charge is 2.02. The van der Waals surface area contributed by atoms with E-state index in [1.54, 1.807) is 12.1 Å². The normalized spacial score (nSPS) is 10.3. The molecule has 0 atom stereocenters. The van der Waals surface area contributed by atoms with E-state index in [4.69, 9.17) is 5.73 Å². The Kier molecular flexibility index (Phi) is 7.34. The number of amides is 1. The van der Waals surface area contributed by atoms with Crippen LogP contribution in [-0.4, -0.2) is 17.4 Å². The topological polar surface area (TPSA) is 55.1 Å². The van der Waals surface area contributed by atoms with E-state index in [1.807, 2.05) is 23.9 Å². The van der Waals surface area contributed by atoms with Crippen molar-refractivity contribution in [3.8, 4) is 0 Å². The molecule has 18 heavy (non-hydrogen) atoms. The van der Waals surface area contributed by atoms with Gasteiger partial charge in [-0.15, -0.1) is 0 Å². The molecule has 0 fully saturated rings. The Morgan fingerprint density at radius 3 is 2.83 bits per heavy atom. The lowest BCUT2D eigenvalue weighted by Crippen LogP contribution is -2.11. The van der Waals surface area contributed by atoms with E-state index >= 15 is 0 Å². The number of nitrogen functional groups attached to an aromatic ring is 1. The third-order valence-corrected chi connectivity index (χ3v) is 3.66. The number of carbonyl (C=O) groups excluding carboxylic acids is 1. The molecule has 0 bridgehead atoms. The monoisotopic (exact) mass is 266 g/mol. The summed E-state index contributed by atoms with van der Waals surface area (Å²) in [6.45, 7) is 2.19. The zero-order valence-electron chi connectivity index (χ0n) is 10.9. The van der Waals surface area contributed by atoms with Crippen LogP contribution in [0.15, 0.2) is 24.3 Å². The van der Waals surface area contributed by atoms with E-state index in [-0.39, 0.29) is 5.91 Å². The summed E-state index contributed by atoms with van der Waals surface area (Å²) >= 11 is 1.93. The molecular weight excluding hydrogens is 244 g/mol. The van der Waals surface area contributed by atoms with Crippen LogP contribution in [0.25, 0.3) is 0 Å². The zero-order valence-corrected chi connectivity index (χ0v) is 11.8. The third-order valence-electron chi connectivity index (χ3n) is 2.51. The van der Waals surface area contributed by atoms with Gasteiger partial charge in [-0.05, 0) is 42.5 Å². The smallest absolute Gasteiger partial charge is 0.224 e. The standard InChI is InChI=1S/C14H22N2OS/c1-2-3-9-18-10-5-8-14(17)16-13-7-4-6-12(15)11-13/h4,6-7,11H,2-3,5,8-10,15H2,1H3,(H,16,17). The van der Waals surface area contributed by atoms with Gasteiger partial charge in [0.2, 0.25) is 5.91 Å². The summed E-state index contributed by atoms with van der Waals surface area (Å²) in [4.78, 5) is 11.7. The second-order valence-electron chi connectivity index (χ2n) is 4.24. The van der Waals surface area contributed by atoms with E-state index in [0.717, 1.165) is 17.9 Å². The fourth-order valence-electron chi connectivity index (χ4n) is 1.52. The highest BCUT2D eigenvalue weighted by atomic mass is 32.2. The van der Waals surface area contributed by atoms with Gasteiger partial charge >= 0.3 is 0 Å². The van der Waals surface area contributed by atoms with Gasteiger partial charge in [-0.2, -0.15) is 11.8 Å². The van der Waals surface area contributed by atoms with Gasteiger partial charge in [0, 0.05) is 17.8 Å². The quantitative estimate of drug-likeness (QED) is 0.559. The van der Waals surface area contributed by atoms with Gasteiger partial charge in [0.1, 0.15) is 0 Å². The number of hydrogen-bond donors (Lipinski definition) is 2. The van der Waals surface area contributed by atoms with Crippen molar-refractivity contribution in [3.05, 3.63) is 24.3 Å². The minimum absolute atomic E-state index is 0.0664. The lowest BCUT2D eigenvalue weighted by Gasteiger charge is -2.05. The SMILES string of the molecule is CCCCSCCCC(=O)Nc1cccc(N)c1. The fourth-order valence-corrected chi connectivity index (χ4v) is 2.57. The maximum atomic E-state index is 11.7. The summed E-state index contributed by atoms with van der Waals surface area (Å²) in [5, 5.41) is 2.86. The average Bonchev–Trinajstić information content (AvgIpc) is 2.33. The first-order chi connectivity index (χ1) is 8.72. The number of unbranched alkanes of at least 4 members (excludes halogenated alkanes) is 1. The number of hydrogen-bond acceptors (Lipinski definition) is 3. The Labute approximate surface area is 114 Å². The maximum absolute atomic E-state index is 11.7. The van der Waals surface area contributed by atoms with Crippen LogP contribution in [0.3, 0.4) is 0 Å². The Balaban J connectivity index is 2.14. The first-order valence-corrected chi connectivity index (χ1v) is 7.61. The van der Waals surface area contributed by atoms with Crippen molar-refractivity contribution in [2.75, 3.05) is 22.6 Å². The number of rotatable bonds is 8. The van der Waals surface area contributed by atoms with Crippen molar-refractivity contribution in [3.63, 3.8) is 0 Å². The number of anilines is 2. The summed E-state index contributed by atoms with van der Waals surface area (Å²) in [5.74, 6) is 2.33. The Morgan fingerprint density at radius 1 is 1.33 bits per heavy atom. The highest BCUT2D eigenvalue weighted by Crippen LogP contribution is 2.13. The Bertz CT molecular complexity index is 369. The van der Waals surface area contributed by atoms with Crippen LogP contribution in [0.4, 0.5) is 11.4 Å². The average molecular weight is 266 g/mol. The Hall–Kier alpha value is -1.16. The molecule has 0 aliphatic rings. The van der Waals surface area contributed by atoms with E-state index in [0.29, 0.717) is 12.1 Å². The van der Waals surface area contributed by atoms with Crippen molar-refractivity contribution in [1.82, 2.24) is 0 Å². The van der Waals surface area contributed by atoms with Crippen molar-refractivity contribution < 1.29 is 4.79 Å². The molecule has 0 aliphatic heterocycles. The second kappa shape index (κ2) is 8.86. The molecule has 100 valence electrons. The predicted octanol–water partition coefficient (Wildman–Crippen LogP) is 3.52. The third kappa shape index (κ3) is 6.55. The first kappa shape index (κ1) is 14.9. The summed E-state index contributed by atoms with van der Waals surface area (Å²) in [6.07, 6.45) is 4.01. The predicted molar refractivity (Wildman–Crippen MR) is 81.0 cm³/mol. The largest absolute Gasteiger partial charge is 0.399 e.